The van der Waals surface area contributed by atoms with Crippen LogP contribution in [0.5, 0.6) is 0 Å². The number of nitrogens with zero attached hydrogens (tertiary/aromatic N) is 1. The van der Waals surface area contributed by atoms with E-state index in [4.69, 9.17) is 22.7 Å². The van der Waals surface area contributed by atoms with Gasteiger partial charge in [-0.1, -0.05) is 47.1 Å². The van der Waals surface area contributed by atoms with Crippen molar-refractivity contribution in [3.05, 3.63) is 69.1 Å². The zero-order chi connectivity index (χ0) is 14.5. The van der Waals surface area contributed by atoms with Crippen LogP contribution in [0.25, 0.3) is 0 Å². The van der Waals surface area contributed by atoms with Crippen molar-refractivity contribution in [2.45, 2.75) is 12.5 Å². The molecule has 0 aliphatic carbocycles. The number of nitrogens with two attached hydrogens (primary N) is 1. The fraction of sp³-hybridized carbons (Fsp3) is 0.133. The molecule has 0 saturated heterocycles. The lowest BCUT2D eigenvalue weighted by Gasteiger charge is -2.14. The number of nitrogens with one attached hydrogen (secondary N) is 1. The molecule has 1 unspecified atom stereocenters. The van der Waals surface area contributed by atoms with Gasteiger partial charge in [0.15, 0.2) is 0 Å². The largest absolute Gasteiger partial charge is 0.398 e. The van der Waals surface area contributed by atoms with E-state index in [0.29, 0.717) is 28.3 Å². The number of nitroso groups, excluding NO2 is 1. The fourth-order valence-corrected chi connectivity index (χ4v) is 2.38. The third kappa shape index (κ3) is 3.03. The highest BCUT2D eigenvalue weighted by molar-refractivity contribution is 6.31. The average Bonchev–Trinajstić information content (AvgIpc) is 2.45. The van der Waals surface area contributed by atoms with E-state index in [9.17, 15) is 4.91 Å². The third-order valence-corrected chi connectivity index (χ3v) is 3.33. The maximum Gasteiger partial charge on any atom is 0.122 e. The van der Waals surface area contributed by atoms with Crippen molar-refractivity contribution in [1.82, 2.24) is 0 Å². The first-order chi connectivity index (χ1) is 9.65. The normalized spacial score (nSPS) is 11.8. The predicted octanol–water partition coefficient (Wildman–Crippen LogP) is 3.97. The maximum absolute atomic E-state index is 11.2. The van der Waals surface area contributed by atoms with E-state index in [0.717, 1.165) is 11.8 Å². The van der Waals surface area contributed by atoms with Gasteiger partial charge in [-0.3, -0.25) is 0 Å². The molecule has 3 N–H and O–H groups in total. The molecule has 20 heavy (non-hydrogen) atoms. The van der Waals surface area contributed by atoms with Crippen LogP contribution in [0.1, 0.15) is 22.7 Å². The summed E-state index contributed by atoms with van der Waals surface area (Å²) in [6.45, 7) is 0. The standard InChI is InChI=1S/C15H14ClN3O/c16-11-7-12(13(9-17)14(18)8-11)15(19-20)6-10-4-2-1-3-5-10/h1-5,7-9,15,17H,6,18H2. The van der Waals surface area contributed by atoms with Crippen LogP contribution in [-0.2, 0) is 6.42 Å². The number of hydrogen-bond donors (Lipinski definition) is 2. The Hall–Kier alpha value is -2.20. The van der Waals surface area contributed by atoms with Gasteiger partial charge in [0.2, 0.25) is 0 Å². The summed E-state index contributed by atoms with van der Waals surface area (Å²) in [4.78, 5) is 11.2. The Morgan fingerprint density at radius 3 is 2.60 bits per heavy atom. The molecule has 2 aromatic carbocycles. The monoisotopic (exact) mass is 287 g/mol. The summed E-state index contributed by atoms with van der Waals surface area (Å²) in [5.74, 6) is 0. The van der Waals surface area contributed by atoms with Crippen molar-refractivity contribution < 1.29 is 0 Å². The quantitative estimate of drug-likeness (QED) is 0.496. The van der Waals surface area contributed by atoms with Gasteiger partial charge in [0.05, 0.1) is 0 Å². The van der Waals surface area contributed by atoms with Gasteiger partial charge in [-0.2, -0.15) is 4.91 Å². The summed E-state index contributed by atoms with van der Waals surface area (Å²) < 4.78 is 0. The van der Waals surface area contributed by atoms with Crippen LogP contribution in [0, 0.1) is 10.3 Å². The third-order valence-electron chi connectivity index (χ3n) is 3.11. The van der Waals surface area contributed by atoms with E-state index in [1.807, 2.05) is 30.3 Å². The number of benzene rings is 2. The molecule has 0 radical (unpaired) electrons. The molecule has 0 fully saturated rings. The lowest BCUT2D eigenvalue weighted by molar-refractivity contribution is 0.717. The first-order valence-electron chi connectivity index (χ1n) is 6.11. The van der Waals surface area contributed by atoms with E-state index in [2.05, 4.69) is 5.18 Å². The Morgan fingerprint density at radius 1 is 1.30 bits per heavy atom. The Kier molecular flexibility index (Phi) is 4.48. The van der Waals surface area contributed by atoms with Crippen molar-refractivity contribution in [2.24, 2.45) is 5.18 Å². The highest BCUT2D eigenvalue weighted by Crippen LogP contribution is 2.30. The molecular formula is C15H14ClN3O. The first kappa shape index (κ1) is 14.2. The van der Waals surface area contributed by atoms with Crippen LogP contribution in [0.3, 0.4) is 0 Å². The number of rotatable bonds is 5. The van der Waals surface area contributed by atoms with E-state index in [1.54, 1.807) is 12.1 Å². The van der Waals surface area contributed by atoms with Crippen LogP contribution in [-0.4, -0.2) is 6.21 Å². The summed E-state index contributed by atoms with van der Waals surface area (Å²) in [5, 5.41) is 11.1. The summed E-state index contributed by atoms with van der Waals surface area (Å²) >= 11 is 5.98. The molecule has 0 aromatic heterocycles. The Morgan fingerprint density at radius 2 is 2.00 bits per heavy atom. The van der Waals surface area contributed by atoms with Crippen molar-refractivity contribution >= 4 is 23.5 Å². The van der Waals surface area contributed by atoms with E-state index in [1.165, 1.54) is 0 Å². The summed E-state index contributed by atoms with van der Waals surface area (Å²) in [7, 11) is 0. The van der Waals surface area contributed by atoms with Crippen LogP contribution in [0.2, 0.25) is 5.02 Å². The molecule has 5 heteroatoms. The van der Waals surface area contributed by atoms with Gasteiger partial charge in [-0.15, -0.1) is 0 Å². The van der Waals surface area contributed by atoms with Crippen molar-refractivity contribution in [1.29, 1.82) is 5.41 Å². The Balaban J connectivity index is 2.41. The zero-order valence-electron chi connectivity index (χ0n) is 10.7. The number of nitrogen functional groups attached to an aromatic ring is 1. The maximum atomic E-state index is 11.2. The van der Waals surface area contributed by atoms with Gasteiger partial charge in [0, 0.05) is 28.9 Å². The van der Waals surface area contributed by atoms with Gasteiger partial charge in [-0.05, 0) is 23.3 Å². The van der Waals surface area contributed by atoms with Crippen LogP contribution < -0.4 is 5.73 Å². The van der Waals surface area contributed by atoms with Gasteiger partial charge in [0.25, 0.3) is 0 Å². The molecule has 0 spiro atoms. The predicted molar refractivity (Wildman–Crippen MR) is 82.4 cm³/mol. The zero-order valence-corrected chi connectivity index (χ0v) is 11.5. The highest BCUT2D eigenvalue weighted by Gasteiger charge is 2.18. The molecule has 1 atom stereocenters. The van der Waals surface area contributed by atoms with E-state index in [-0.39, 0.29) is 0 Å². The van der Waals surface area contributed by atoms with Gasteiger partial charge < -0.3 is 11.1 Å². The van der Waals surface area contributed by atoms with E-state index < -0.39 is 6.04 Å². The van der Waals surface area contributed by atoms with Crippen molar-refractivity contribution in [2.75, 3.05) is 5.73 Å². The molecule has 4 nitrogen and oxygen atoms in total. The molecule has 2 aromatic rings. The van der Waals surface area contributed by atoms with E-state index >= 15 is 0 Å². The molecule has 102 valence electrons. The second-order valence-corrected chi connectivity index (χ2v) is 4.89. The van der Waals surface area contributed by atoms with Crippen molar-refractivity contribution in [3.63, 3.8) is 0 Å². The van der Waals surface area contributed by atoms with Crippen LogP contribution in [0.4, 0.5) is 5.69 Å². The molecule has 0 heterocycles. The molecule has 0 aliphatic heterocycles. The second kappa shape index (κ2) is 6.30. The van der Waals surface area contributed by atoms with Gasteiger partial charge in [0.1, 0.15) is 6.04 Å². The summed E-state index contributed by atoms with van der Waals surface area (Å²) in [6, 6.07) is 12.2. The minimum Gasteiger partial charge on any atom is -0.398 e. The summed E-state index contributed by atoms with van der Waals surface area (Å²) in [5.41, 5.74) is 8.29. The fourth-order valence-electron chi connectivity index (χ4n) is 2.14. The molecular weight excluding hydrogens is 274 g/mol. The number of anilines is 1. The first-order valence-corrected chi connectivity index (χ1v) is 6.49. The molecule has 2 rings (SSSR count). The smallest absolute Gasteiger partial charge is 0.122 e. The lowest BCUT2D eigenvalue weighted by atomic mass is 9.95. The SMILES string of the molecule is N=Cc1c(N)cc(Cl)cc1C(Cc1ccccc1)N=O. The molecule has 0 aliphatic rings. The van der Waals surface area contributed by atoms with Crippen LogP contribution >= 0.6 is 11.6 Å². The summed E-state index contributed by atoms with van der Waals surface area (Å²) in [6.07, 6.45) is 1.58. The number of halogens is 1. The minimum absolute atomic E-state index is 0.379. The lowest BCUT2D eigenvalue weighted by Crippen LogP contribution is -2.06. The molecule has 0 amide bonds. The van der Waals surface area contributed by atoms with Gasteiger partial charge >= 0.3 is 0 Å². The van der Waals surface area contributed by atoms with Gasteiger partial charge in [-0.25, -0.2) is 0 Å². The molecule has 0 saturated carbocycles. The molecule has 0 bridgehead atoms. The van der Waals surface area contributed by atoms with Crippen LogP contribution in [0.15, 0.2) is 47.6 Å². The highest BCUT2D eigenvalue weighted by atomic mass is 35.5. The topological polar surface area (TPSA) is 79.3 Å². The Labute approximate surface area is 122 Å². The average molecular weight is 288 g/mol. The number of hydrogen-bond acceptors (Lipinski definition) is 4. The second-order valence-electron chi connectivity index (χ2n) is 4.45. The minimum atomic E-state index is -0.616. The Bertz CT molecular complexity index is 629. The van der Waals surface area contributed by atoms with Crippen molar-refractivity contribution in [3.8, 4) is 0 Å².